The zero-order valence-electron chi connectivity index (χ0n) is 7.81. The highest BCUT2D eigenvalue weighted by Crippen LogP contribution is 2.25. The zero-order chi connectivity index (χ0) is 9.26. The Morgan fingerprint density at radius 3 is 3.08 bits per heavy atom. The number of hydrogen-bond acceptors (Lipinski definition) is 1. The number of benzene rings is 1. The molecule has 0 radical (unpaired) electrons. The van der Waals surface area contributed by atoms with E-state index >= 15 is 0 Å². The Hall–Kier alpha value is -0.890. The quantitative estimate of drug-likeness (QED) is 0.697. The van der Waals surface area contributed by atoms with E-state index in [4.69, 9.17) is 0 Å². The van der Waals surface area contributed by atoms with Gasteiger partial charge in [-0.05, 0) is 36.6 Å². The van der Waals surface area contributed by atoms with E-state index < -0.39 is 6.17 Å². The third kappa shape index (κ3) is 1.59. The summed E-state index contributed by atoms with van der Waals surface area (Å²) in [6, 6.07) is 5.94. The van der Waals surface area contributed by atoms with Crippen LogP contribution in [0.5, 0.6) is 0 Å². The van der Waals surface area contributed by atoms with Crippen LogP contribution in [0.3, 0.4) is 0 Å². The predicted octanol–water partition coefficient (Wildman–Crippen LogP) is 2.36. The van der Waals surface area contributed by atoms with Gasteiger partial charge in [-0.1, -0.05) is 18.2 Å². The largest absolute Gasteiger partial charge is 0.312 e. The highest BCUT2D eigenvalue weighted by atomic mass is 19.1. The Kier molecular flexibility index (Phi) is 2.32. The number of rotatable bonds is 1. The minimum atomic E-state index is -0.852. The second kappa shape index (κ2) is 3.46. The molecule has 1 aliphatic heterocycles. The molecule has 1 aromatic rings. The van der Waals surface area contributed by atoms with E-state index in [2.05, 4.69) is 11.4 Å². The van der Waals surface area contributed by atoms with Crippen LogP contribution in [-0.4, -0.2) is 6.54 Å². The van der Waals surface area contributed by atoms with Crippen LogP contribution in [0.4, 0.5) is 4.39 Å². The summed E-state index contributed by atoms with van der Waals surface area (Å²) in [5.74, 6) is 0. The molecule has 0 fully saturated rings. The van der Waals surface area contributed by atoms with Gasteiger partial charge in [0.1, 0.15) is 6.17 Å². The lowest BCUT2D eigenvalue weighted by molar-refractivity contribution is 0.370. The molecule has 2 rings (SSSR count). The maximum Gasteiger partial charge on any atom is 0.123 e. The second-order valence-corrected chi connectivity index (χ2v) is 3.53. The molecule has 1 aliphatic rings. The van der Waals surface area contributed by atoms with E-state index in [1.807, 2.05) is 12.1 Å². The van der Waals surface area contributed by atoms with Gasteiger partial charge in [-0.3, -0.25) is 0 Å². The van der Waals surface area contributed by atoms with Crippen molar-refractivity contribution in [3.8, 4) is 0 Å². The van der Waals surface area contributed by atoms with E-state index in [1.165, 1.54) is 11.1 Å². The second-order valence-electron chi connectivity index (χ2n) is 3.53. The number of nitrogens with one attached hydrogen (secondary N) is 1. The fourth-order valence-corrected chi connectivity index (χ4v) is 1.91. The van der Waals surface area contributed by atoms with Gasteiger partial charge in [-0.25, -0.2) is 4.39 Å². The Labute approximate surface area is 78.0 Å². The molecule has 0 aromatic heterocycles. The average molecular weight is 179 g/mol. The molecule has 0 bridgehead atoms. The zero-order valence-corrected chi connectivity index (χ0v) is 7.81. The lowest BCUT2D eigenvalue weighted by Gasteiger charge is -2.20. The summed E-state index contributed by atoms with van der Waals surface area (Å²) >= 11 is 0. The van der Waals surface area contributed by atoms with Crippen LogP contribution >= 0.6 is 0 Å². The SMILES string of the molecule is CC(F)c1cccc2c1CNCC2. The summed E-state index contributed by atoms with van der Waals surface area (Å²) in [5, 5.41) is 3.27. The van der Waals surface area contributed by atoms with Gasteiger partial charge < -0.3 is 5.32 Å². The highest BCUT2D eigenvalue weighted by molar-refractivity contribution is 5.37. The molecule has 2 heteroatoms. The molecule has 1 heterocycles. The minimum Gasteiger partial charge on any atom is -0.312 e. The third-order valence-corrected chi connectivity index (χ3v) is 2.61. The Morgan fingerprint density at radius 1 is 1.46 bits per heavy atom. The number of fused-ring (bicyclic) bond motifs is 1. The van der Waals surface area contributed by atoms with Crippen LogP contribution in [0.2, 0.25) is 0 Å². The topological polar surface area (TPSA) is 12.0 Å². The molecular weight excluding hydrogens is 165 g/mol. The molecule has 1 unspecified atom stereocenters. The molecule has 70 valence electrons. The smallest absolute Gasteiger partial charge is 0.123 e. The average Bonchev–Trinajstić information content (AvgIpc) is 2.17. The normalized spacial score (nSPS) is 18.0. The molecule has 1 N–H and O–H groups in total. The molecule has 1 nitrogen and oxygen atoms in total. The standard InChI is InChI=1S/C11H14FN/c1-8(12)10-4-2-3-9-5-6-13-7-11(9)10/h2-4,8,13H,5-7H2,1H3. The van der Waals surface area contributed by atoms with E-state index in [1.54, 1.807) is 6.92 Å². The third-order valence-electron chi connectivity index (χ3n) is 2.61. The van der Waals surface area contributed by atoms with Crippen molar-refractivity contribution in [2.45, 2.75) is 26.1 Å². The van der Waals surface area contributed by atoms with Crippen molar-refractivity contribution in [3.63, 3.8) is 0 Å². The number of halogens is 1. The van der Waals surface area contributed by atoms with Gasteiger partial charge in [0, 0.05) is 6.54 Å². The highest BCUT2D eigenvalue weighted by Gasteiger charge is 2.15. The number of alkyl halides is 1. The molecule has 13 heavy (non-hydrogen) atoms. The molecule has 0 saturated carbocycles. The Bertz CT molecular complexity index is 307. The van der Waals surface area contributed by atoms with Crippen molar-refractivity contribution < 1.29 is 4.39 Å². The van der Waals surface area contributed by atoms with Crippen molar-refractivity contribution in [2.75, 3.05) is 6.54 Å². The van der Waals surface area contributed by atoms with Crippen LogP contribution in [0.25, 0.3) is 0 Å². The van der Waals surface area contributed by atoms with Crippen LogP contribution in [0, 0.1) is 0 Å². The number of hydrogen-bond donors (Lipinski definition) is 1. The van der Waals surface area contributed by atoms with Crippen molar-refractivity contribution in [3.05, 3.63) is 34.9 Å². The lowest BCUT2D eigenvalue weighted by atomic mass is 9.94. The van der Waals surface area contributed by atoms with Gasteiger partial charge in [0.05, 0.1) is 0 Å². The molecule has 0 aliphatic carbocycles. The molecular formula is C11H14FN. The van der Waals surface area contributed by atoms with Gasteiger partial charge >= 0.3 is 0 Å². The first-order valence-electron chi connectivity index (χ1n) is 4.74. The van der Waals surface area contributed by atoms with Gasteiger partial charge in [0.15, 0.2) is 0 Å². The summed E-state index contributed by atoms with van der Waals surface area (Å²) in [4.78, 5) is 0. The first-order chi connectivity index (χ1) is 6.29. The van der Waals surface area contributed by atoms with Crippen molar-refractivity contribution in [1.29, 1.82) is 0 Å². The van der Waals surface area contributed by atoms with Crippen molar-refractivity contribution in [1.82, 2.24) is 5.32 Å². The van der Waals surface area contributed by atoms with E-state index in [-0.39, 0.29) is 0 Å². The van der Waals surface area contributed by atoms with E-state index in [9.17, 15) is 4.39 Å². The van der Waals surface area contributed by atoms with Gasteiger partial charge in [0.2, 0.25) is 0 Å². The van der Waals surface area contributed by atoms with Gasteiger partial charge in [-0.2, -0.15) is 0 Å². The molecule has 0 spiro atoms. The Morgan fingerprint density at radius 2 is 2.31 bits per heavy atom. The van der Waals surface area contributed by atoms with E-state index in [0.29, 0.717) is 0 Å². The maximum absolute atomic E-state index is 13.2. The van der Waals surface area contributed by atoms with Crippen LogP contribution in [0.1, 0.15) is 29.8 Å². The molecule has 1 aromatic carbocycles. The summed E-state index contributed by atoms with van der Waals surface area (Å²) in [7, 11) is 0. The summed E-state index contributed by atoms with van der Waals surface area (Å²) in [5.41, 5.74) is 3.33. The molecule has 0 amide bonds. The fraction of sp³-hybridized carbons (Fsp3) is 0.455. The fourth-order valence-electron chi connectivity index (χ4n) is 1.91. The summed E-state index contributed by atoms with van der Waals surface area (Å²) in [6.07, 6.45) is 0.172. The first-order valence-corrected chi connectivity index (χ1v) is 4.74. The van der Waals surface area contributed by atoms with Gasteiger partial charge in [-0.15, -0.1) is 0 Å². The maximum atomic E-state index is 13.2. The van der Waals surface area contributed by atoms with Crippen LogP contribution in [0.15, 0.2) is 18.2 Å². The minimum absolute atomic E-state index is 0.819. The van der Waals surface area contributed by atoms with E-state index in [0.717, 1.165) is 25.1 Å². The van der Waals surface area contributed by atoms with Gasteiger partial charge in [0.25, 0.3) is 0 Å². The summed E-state index contributed by atoms with van der Waals surface area (Å²) < 4.78 is 13.2. The van der Waals surface area contributed by atoms with Crippen LogP contribution < -0.4 is 5.32 Å². The van der Waals surface area contributed by atoms with Crippen molar-refractivity contribution >= 4 is 0 Å². The Balaban J connectivity index is 2.46. The molecule has 1 atom stereocenters. The summed E-state index contributed by atoms with van der Waals surface area (Å²) in [6.45, 7) is 3.43. The van der Waals surface area contributed by atoms with Crippen LogP contribution in [-0.2, 0) is 13.0 Å². The monoisotopic (exact) mass is 179 g/mol. The first kappa shape index (κ1) is 8.70. The molecule has 0 saturated heterocycles. The van der Waals surface area contributed by atoms with Crippen molar-refractivity contribution in [2.24, 2.45) is 0 Å². The predicted molar refractivity (Wildman–Crippen MR) is 51.4 cm³/mol. The lowest BCUT2D eigenvalue weighted by Crippen LogP contribution is -2.24.